The minimum atomic E-state index is -0.810. The monoisotopic (exact) mass is 995 g/mol. The highest BCUT2D eigenvalue weighted by atomic mass is 16.6. The van der Waals surface area contributed by atoms with E-state index < -0.39 is 6.10 Å². The molecule has 0 saturated carbocycles. The number of rotatable bonds is 51. The molecule has 1 unspecified atom stereocenters. The first-order chi connectivity index (χ1) is 35.5. The third-order valence-electron chi connectivity index (χ3n) is 11.9. The average molecular weight is 996 g/mol. The summed E-state index contributed by atoms with van der Waals surface area (Å²) < 4.78 is 16.8. The largest absolute Gasteiger partial charge is 0.462 e. The lowest BCUT2D eigenvalue weighted by Gasteiger charge is -2.18. The number of carbonyl (C=O) groups excluding carboxylic acids is 3. The van der Waals surface area contributed by atoms with E-state index in [1.807, 2.05) is 0 Å². The van der Waals surface area contributed by atoms with Crippen LogP contribution in [0.3, 0.4) is 0 Å². The van der Waals surface area contributed by atoms with Crippen LogP contribution >= 0.6 is 0 Å². The lowest BCUT2D eigenvalue weighted by molar-refractivity contribution is -0.167. The van der Waals surface area contributed by atoms with Crippen molar-refractivity contribution in [1.29, 1.82) is 0 Å². The minimum Gasteiger partial charge on any atom is -0.462 e. The molecule has 0 N–H and O–H groups in total. The van der Waals surface area contributed by atoms with Crippen LogP contribution in [0.5, 0.6) is 0 Å². The first-order valence-corrected chi connectivity index (χ1v) is 29.2. The van der Waals surface area contributed by atoms with E-state index in [1.54, 1.807) is 0 Å². The van der Waals surface area contributed by atoms with Crippen molar-refractivity contribution in [3.63, 3.8) is 0 Å². The summed E-state index contributed by atoms with van der Waals surface area (Å²) in [6.07, 6.45) is 83.0. The number of unbranched alkanes of at least 4 members (excludes halogenated alkanes) is 18. The molecule has 0 amide bonds. The van der Waals surface area contributed by atoms with E-state index in [4.69, 9.17) is 14.2 Å². The van der Waals surface area contributed by atoms with Gasteiger partial charge in [0.1, 0.15) is 13.2 Å². The second-order valence-corrected chi connectivity index (χ2v) is 18.8. The van der Waals surface area contributed by atoms with Crippen LogP contribution in [0.4, 0.5) is 0 Å². The lowest BCUT2D eigenvalue weighted by Crippen LogP contribution is -2.30. The van der Waals surface area contributed by atoms with Gasteiger partial charge in [0.05, 0.1) is 0 Å². The van der Waals surface area contributed by atoms with Gasteiger partial charge in [0, 0.05) is 19.3 Å². The highest BCUT2D eigenvalue weighted by Gasteiger charge is 2.19. The van der Waals surface area contributed by atoms with Crippen molar-refractivity contribution in [2.75, 3.05) is 13.2 Å². The quantitative estimate of drug-likeness (QED) is 0.0261. The number of hydrogen-bond donors (Lipinski definition) is 0. The summed E-state index contributed by atoms with van der Waals surface area (Å²) in [5.74, 6) is -0.964. The molecule has 0 aliphatic rings. The van der Waals surface area contributed by atoms with Crippen molar-refractivity contribution in [2.24, 2.45) is 0 Å². The average Bonchev–Trinajstić information content (AvgIpc) is 3.38. The van der Waals surface area contributed by atoms with Gasteiger partial charge in [-0.2, -0.15) is 0 Å². The van der Waals surface area contributed by atoms with Crippen LogP contribution < -0.4 is 0 Å². The Morgan fingerprint density at radius 1 is 0.292 bits per heavy atom. The van der Waals surface area contributed by atoms with Crippen LogP contribution in [-0.2, 0) is 28.6 Å². The first kappa shape index (κ1) is 67.5. The van der Waals surface area contributed by atoms with Crippen LogP contribution in [-0.4, -0.2) is 37.2 Å². The molecule has 0 saturated heterocycles. The predicted octanol–water partition coefficient (Wildman–Crippen LogP) is 19.8. The second kappa shape index (κ2) is 59.1. The van der Waals surface area contributed by atoms with E-state index in [2.05, 4.69) is 154 Å². The van der Waals surface area contributed by atoms with E-state index in [1.165, 1.54) is 57.8 Å². The molecular formula is C66H106O6. The molecule has 0 aliphatic heterocycles. The number of hydrogen-bond acceptors (Lipinski definition) is 6. The van der Waals surface area contributed by atoms with Crippen molar-refractivity contribution in [3.05, 3.63) is 134 Å². The number of esters is 3. The van der Waals surface area contributed by atoms with E-state index >= 15 is 0 Å². The molecule has 0 aliphatic carbocycles. The molecule has 0 aromatic carbocycles. The van der Waals surface area contributed by atoms with Gasteiger partial charge in [-0.3, -0.25) is 14.4 Å². The van der Waals surface area contributed by atoms with E-state index in [-0.39, 0.29) is 37.5 Å². The molecule has 0 spiro atoms. The van der Waals surface area contributed by atoms with Gasteiger partial charge in [-0.15, -0.1) is 0 Å². The Hall–Kier alpha value is -4.45. The van der Waals surface area contributed by atoms with Gasteiger partial charge >= 0.3 is 17.9 Å². The zero-order chi connectivity index (χ0) is 52.2. The molecule has 0 radical (unpaired) electrons. The molecular weight excluding hydrogens is 889 g/mol. The van der Waals surface area contributed by atoms with Gasteiger partial charge in [-0.1, -0.05) is 244 Å². The van der Waals surface area contributed by atoms with Gasteiger partial charge in [-0.05, 0) is 116 Å². The summed E-state index contributed by atoms with van der Waals surface area (Å²) in [6.45, 7) is 6.35. The molecule has 1 atom stereocenters. The summed E-state index contributed by atoms with van der Waals surface area (Å²) in [7, 11) is 0. The molecule has 0 bridgehead atoms. The third kappa shape index (κ3) is 56.5. The molecule has 6 nitrogen and oxygen atoms in total. The zero-order valence-corrected chi connectivity index (χ0v) is 46.4. The fraction of sp³-hybridized carbons (Fsp3) is 0.621. The second-order valence-electron chi connectivity index (χ2n) is 18.8. The summed E-state index contributed by atoms with van der Waals surface area (Å²) in [5, 5.41) is 0. The fourth-order valence-corrected chi connectivity index (χ4v) is 7.59. The summed E-state index contributed by atoms with van der Waals surface area (Å²) in [5.41, 5.74) is 0. The maximum atomic E-state index is 12.9. The number of allylic oxidation sites excluding steroid dienone is 22. The smallest absolute Gasteiger partial charge is 0.306 e. The fourth-order valence-electron chi connectivity index (χ4n) is 7.59. The molecule has 406 valence electrons. The predicted molar refractivity (Wildman–Crippen MR) is 311 cm³/mol. The standard InChI is InChI=1S/C66H106O6/c1-4-7-10-13-16-19-22-25-27-29-31-32-33-34-36-37-39-41-44-47-50-53-56-59-65(68)71-62-63(61-70-64(67)58-55-52-49-46-43-24-21-18-15-12-9-6-3)72-66(69)60-57-54-51-48-45-42-40-38-35-30-28-26-23-20-17-14-11-8-5-2/h7-8,10-11,16-17,19-20,25-28,31-32,34-36,38-39,41-42,45,63H,4-6,9,12-15,18,21-24,29-30,33,37,40,43-44,46-62H2,1-3H3/b10-7-,11-8-,19-16-,20-17-,27-25-,28-26-,32-31-,36-34-,38-35-,41-39-,45-42-. The Kier molecular flexibility index (Phi) is 55.5. The van der Waals surface area contributed by atoms with Crippen molar-refractivity contribution < 1.29 is 28.6 Å². The van der Waals surface area contributed by atoms with E-state index in [0.29, 0.717) is 12.8 Å². The van der Waals surface area contributed by atoms with E-state index in [9.17, 15) is 14.4 Å². The van der Waals surface area contributed by atoms with Crippen LogP contribution in [0.25, 0.3) is 0 Å². The summed E-state index contributed by atoms with van der Waals surface area (Å²) in [4.78, 5) is 38.2. The normalized spacial score (nSPS) is 13.1. The highest BCUT2D eigenvalue weighted by molar-refractivity contribution is 5.71. The Morgan fingerprint density at radius 2 is 0.542 bits per heavy atom. The maximum Gasteiger partial charge on any atom is 0.306 e. The van der Waals surface area contributed by atoms with Gasteiger partial charge in [0.15, 0.2) is 6.10 Å². The Balaban J connectivity index is 4.48. The van der Waals surface area contributed by atoms with Gasteiger partial charge in [0.2, 0.25) is 0 Å². The maximum absolute atomic E-state index is 12.9. The molecule has 6 heteroatoms. The van der Waals surface area contributed by atoms with Crippen LogP contribution in [0, 0.1) is 0 Å². The van der Waals surface area contributed by atoms with Gasteiger partial charge in [0.25, 0.3) is 0 Å². The molecule has 0 heterocycles. The van der Waals surface area contributed by atoms with Crippen molar-refractivity contribution in [2.45, 2.75) is 252 Å². The lowest BCUT2D eigenvalue weighted by atomic mass is 10.0. The SMILES string of the molecule is CC/C=C\C/C=C\C/C=C\C/C=C\C/C=C\C/C=C\CCCCCCC(=O)OCC(COC(=O)CCCCCCCCCCCCCC)OC(=O)CCCCC/C=C\C/C=C\C/C=C\C/C=C\C/C=C\CC. The summed E-state index contributed by atoms with van der Waals surface area (Å²) in [6, 6.07) is 0. The molecule has 0 aromatic rings. The Bertz CT molecular complexity index is 1560. The topological polar surface area (TPSA) is 78.9 Å². The Labute approximate surface area is 443 Å². The van der Waals surface area contributed by atoms with Crippen LogP contribution in [0.15, 0.2) is 134 Å². The van der Waals surface area contributed by atoms with Crippen molar-refractivity contribution in [1.82, 2.24) is 0 Å². The van der Waals surface area contributed by atoms with Crippen LogP contribution in [0.1, 0.15) is 245 Å². The zero-order valence-electron chi connectivity index (χ0n) is 46.4. The molecule has 0 aromatic heterocycles. The van der Waals surface area contributed by atoms with Crippen molar-refractivity contribution in [3.8, 4) is 0 Å². The number of carbonyl (C=O) groups is 3. The molecule has 0 rings (SSSR count). The number of ether oxygens (including phenoxy) is 3. The molecule has 0 fully saturated rings. The Morgan fingerprint density at radius 3 is 0.861 bits per heavy atom. The molecule has 72 heavy (non-hydrogen) atoms. The summed E-state index contributed by atoms with van der Waals surface area (Å²) >= 11 is 0. The highest BCUT2D eigenvalue weighted by Crippen LogP contribution is 2.14. The van der Waals surface area contributed by atoms with Gasteiger partial charge < -0.3 is 14.2 Å². The van der Waals surface area contributed by atoms with Crippen molar-refractivity contribution >= 4 is 17.9 Å². The first-order valence-electron chi connectivity index (χ1n) is 29.2. The third-order valence-corrected chi connectivity index (χ3v) is 11.9. The van der Waals surface area contributed by atoms with Gasteiger partial charge in [-0.25, -0.2) is 0 Å². The minimum absolute atomic E-state index is 0.102. The van der Waals surface area contributed by atoms with E-state index in [0.717, 1.165) is 148 Å². The van der Waals surface area contributed by atoms with Crippen LogP contribution in [0.2, 0.25) is 0 Å².